The van der Waals surface area contributed by atoms with Gasteiger partial charge in [0, 0.05) is 273 Å². The molecule has 5 aliphatic rings. The molecule has 10 aromatic heterocycles. The van der Waals surface area contributed by atoms with Crippen LogP contribution < -0.4 is 24.5 Å². The number of aromatic nitrogens is 15. The Bertz CT molecular complexity index is 6090. The van der Waals surface area contributed by atoms with Crippen molar-refractivity contribution in [3.63, 3.8) is 0 Å². The lowest BCUT2D eigenvalue weighted by Crippen LogP contribution is -2.47. The number of hydrogen-bond acceptors (Lipinski definition) is 20. The van der Waals surface area contributed by atoms with Crippen LogP contribution in [-0.2, 0) is 32.1 Å². The molecule has 15 heterocycles. The molecule has 0 unspecified atom stereocenters. The second kappa shape index (κ2) is 49.2. The van der Waals surface area contributed by atoms with Gasteiger partial charge in [-0.2, -0.15) is 0 Å². The first-order valence-electron chi connectivity index (χ1n) is 51.1. The Kier molecular flexibility index (Phi) is 35.4. The Hall–Kier alpha value is -12.3. The molecule has 5 aliphatic heterocycles. The standard InChI is InChI=1S/C23H28N6.C23H31N5.C22H28ClN5.C22H28FN5.C22H29N5/c1-17-14-18(2)27-23(26-17)29-12-10-28(11-13-29)9-5-4-6-19-16-25-22-8-7-20(24-3)15-21(19)22;1-17-7-8-22-21(14-17)20(16-24-22)6-4-5-9-27-10-12-28(13-11-27)23-25-18(2)15-19(3)26-23;2*1-16-13-17(2)26-22(25-16)28-11-9-27(10-12-28)8-4-3-5-18-15-24-21-7-6-19(23)14-20(18)21;1-17-15-18(2)25-22(24-17)27-13-11-26(12-14-27)10-6-5-7-19-16-23-21-9-4-3-8-20(19)21/h7-8,14-16,25H,4-6,9-13H2,1-2H3;7-8,14-16,24H,4-6,9-13H2,1-3H3;2*6-7,13-15,24H,3-5,8-12H2,1-2H3;3-4,8-9,15-16,23H,5-7,10-14H2,1-2H3. The van der Waals surface area contributed by atoms with Crippen molar-refractivity contribution >= 4 is 102 Å². The van der Waals surface area contributed by atoms with Gasteiger partial charge in [0.1, 0.15) is 5.82 Å². The summed E-state index contributed by atoms with van der Waals surface area (Å²) in [5.41, 5.74) is 25.1. The van der Waals surface area contributed by atoms with E-state index in [9.17, 15) is 4.39 Å². The van der Waals surface area contributed by atoms with E-state index >= 15 is 0 Å². The van der Waals surface area contributed by atoms with Crippen molar-refractivity contribution < 1.29 is 4.39 Å². The summed E-state index contributed by atoms with van der Waals surface area (Å²) < 4.78 is 13.5. The number of fused-ring (bicyclic) bond motifs is 5. The number of aryl methyl sites for hydroxylation is 16. The van der Waals surface area contributed by atoms with Crippen LogP contribution in [0.4, 0.5) is 39.8 Å². The maximum atomic E-state index is 13.5. The van der Waals surface area contributed by atoms with E-state index in [1.807, 2.05) is 136 Å². The molecule has 140 heavy (non-hydrogen) atoms. The highest BCUT2D eigenvalue weighted by Gasteiger charge is 2.26. The highest BCUT2D eigenvalue weighted by molar-refractivity contribution is 6.31. The molecule has 20 rings (SSSR count). The number of hydrogen-bond donors (Lipinski definition) is 5. The number of piperazine rings is 5. The molecule has 0 atom stereocenters. The molecular formula is C112H144ClFN26. The quantitative estimate of drug-likeness (QED) is 0.0207. The van der Waals surface area contributed by atoms with Gasteiger partial charge in [-0.25, -0.2) is 59.1 Å². The first-order chi connectivity index (χ1) is 68.0. The van der Waals surface area contributed by atoms with E-state index in [1.54, 1.807) is 6.07 Å². The molecule has 5 aromatic carbocycles. The van der Waals surface area contributed by atoms with Gasteiger partial charge in [0.15, 0.2) is 5.69 Å². The summed E-state index contributed by atoms with van der Waals surface area (Å²) in [6.45, 7) is 56.3. The molecule has 15 aromatic rings. The van der Waals surface area contributed by atoms with Crippen molar-refractivity contribution in [2.24, 2.45) is 0 Å². The van der Waals surface area contributed by atoms with Crippen LogP contribution in [0, 0.1) is 88.6 Å². The van der Waals surface area contributed by atoms with Gasteiger partial charge in [-0.3, -0.25) is 24.5 Å². The average Bonchev–Trinajstić information content (AvgIpc) is 1.71. The minimum absolute atomic E-state index is 0.168. The van der Waals surface area contributed by atoms with Gasteiger partial charge in [-0.05, 0) is 335 Å². The van der Waals surface area contributed by atoms with Crippen LogP contribution in [0.3, 0.4) is 0 Å². The Labute approximate surface area is 831 Å². The highest BCUT2D eigenvalue weighted by atomic mass is 35.5. The molecule has 5 N–H and O–H groups in total. The molecule has 5 fully saturated rings. The van der Waals surface area contributed by atoms with E-state index < -0.39 is 0 Å². The lowest BCUT2D eigenvalue weighted by Gasteiger charge is -2.34. The minimum Gasteiger partial charge on any atom is -0.361 e. The predicted octanol–water partition coefficient (Wildman–Crippen LogP) is 20.2. The maximum absolute atomic E-state index is 13.5. The van der Waals surface area contributed by atoms with E-state index in [0.717, 1.165) is 310 Å². The minimum atomic E-state index is -0.168. The number of anilines is 5. The smallest absolute Gasteiger partial charge is 0.225 e. The van der Waals surface area contributed by atoms with Crippen LogP contribution in [-0.4, -0.2) is 263 Å². The Morgan fingerprint density at radius 3 is 0.829 bits per heavy atom. The third kappa shape index (κ3) is 28.3. The number of para-hydroxylation sites is 1. The number of rotatable bonds is 30. The number of unbranched alkanes of at least 4 members (excludes halogenated alkanes) is 5. The van der Waals surface area contributed by atoms with Gasteiger partial charge in [0.25, 0.3) is 0 Å². The summed E-state index contributed by atoms with van der Waals surface area (Å²) in [4.78, 5) is 90.6. The largest absolute Gasteiger partial charge is 0.361 e. The van der Waals surface area contributed by atoms with Crippen LogP contribution in [0.2, 0.25) is 5.02 Å². The van der Waals surface area contributed by atoms with E-state index in [4.69, 9.17) is 18.2 Å². The molecule has 0 radical (unpaired) electrons. The fourth-order valence-electron chi connectivity index (χ4n) is 20.4. The molecule has 0 amide bonds. The van der Waals surface area contributed by atoms with Crippen molar-refractivity contribution in [3.8, 4) is 0 Å². The first kappa shape index (κ1) is 101. The molecule has 5 saturated heterocycles. The third-order valence-corrected chi connectivity index (χ3v) is 28.2. The van der Waals surface area contributed by atoms with E-state index in [-0.39, 0.29) is 5.82 Å². The molecule has 0 saturated carbocycles. The summed E-state index contributed by atoms with van der Waals surface area (Å²) >= 11 is 6.15. The van der Waals surface area contributed by atoms with Crippen LogP contribution in [0.5, 0.6) is 0 Å². The van der Waals surface area contributed by atoms with Crippen molar-refractivity contribution in [2.45, 2.75) is 172 Å². The topological polar surface area (TPSA) is 245 Å². The fourth-order valence-corrected chi connectivity index (χ4v) is 20.5. The van der Waals surface area contributed by atoms with Crippen molar-refractivity contribution in [1.82, 2.24) is 99.3 Å². The molecule has 28 heteroatoms. The van der Waals surface area contributed by atoms with Crippen LogP contribution in [0.25, 0.3) is 59.4 Å². The Morgan fingerprint density at radius 2 is 0.521 bits per heavy atom. The normalized spacial score (nSPS) is 15.4. The van der Waals surface area contributed by atoms with Gasteiger partial charge in [-0.1, -0.05) is 47.5 Å². The summed E-state index contributed by atoms with van der Waals surface area (Å²) in [6.07, 6.45) is 28.1. The second-order valence-corrected chi connectivity index (χ2v) is 39.5. The maximum Gasteiger partial charge on any atom is 0.225 e. The summed E-state index contributed by atoms with van der Waals surface area (Å²) in [5.74, 6) is 4.25. The predicted molar refractivity (Wildman–Crippen MR) is 573 cm³/mol. The van der Waals surface area contributed by atoms with Gasteiger partial charge < -0.3 is 49.4 Å². The average molecular weight is 1910 g/mol. The molecule has 0 bridgehead atoms. The van der Waals surface area contributed by atoms with Gasteiger partial charge in [0.05, 0.1) is 6.57 Å². The van der Waals surface area contributed by atoms with Crippen molar-refractivity contribution in [3.05, 3.63) is 271 Å². The molecule has 0 aliphatic carbocycles. The zero-order chi connectivity index (χ0) is 97.4. The summed E-state index contributed by atoms with van der Waals surface area (Å²) in [5, 5.41) is 7.04. The lowest BCUT2D eigenvalue weighted by molar-refractivity contribution is 0.252. The molecular weight excluding hydrogens is 1760 g/mol. The van der Waals surface area contributed by atoms with Crippen molar-refractivity contribution in [1.29, 1.82) is 0 Å². The molecule has 26 nitrogen and oxygen atoms in total. The SMILES string of the molecule is Cc1cc(C)nc(N2CCN(CCCCc3c[nH]c4ccc(Cl)cc34)CC2)n1.Cc1cc(C)nc(N2CCN(CCCCc3c[nH]c4ccc(F)cc34)CC2)n1.Cc1cc(C)nc(N2CCN(CCCCc3c[nH]c4ccccc34)CC2)n1.Cc1ccc2[nH]cc(CCCCN3CCN(c4nc(C)cc(C)n4)CC3)c2c1.[C-]#[N+]c1ccc2[nH]cc(CCCCN3CCN(c4nc(C)cc(C)n4)CC3)c2c1. The molecule has 0 spiro atoms. The number of benzene rings is 5. The Morgan fingerprint density at radius 1 is 0.271 bits per heavy atom. The lowest BCUT2D eigenvalue weighted by atomic mass is 10.1. The van der Waals surface area contributed by atoms with Gasteiger partial charge in [0.2, 0.25) is 29.7 Å². The first-order valence-corrected chi connectivity index (χ1v) is 51.5. The Balaban J connectivity index is 0.000000126. The number of halogens is 2. The summed E-state index contributed by atoms with van der Waals surface area (Å²) in [6, 6.07) is 42.3. The van der Waals surface area contributed by atoms with Crippen LogP contribution in [0.1, 0.15) is 155 Å². The highest BCUT2D eigenvalue weighted by Crippen LogP contribution is 2.31. The van der Waals surface area contributed by atoms with Gasteiger partial charge in [-0.15, -0.1) is 0 Å². The van der Waals surface area contributed by atoms with E-state index in [1.165, 1.54) is 136 Å². The van der Waals surface area contributed by atoms with Crippen molar-refractivity contribution in [2.75, 3.05) is 188 Å². The van der Waals surface area contributed by atoms with Crippen LogP contribution in [0.15, 0.2) is 158 Å². The zero-order valence-electron chi connectivity index (χ0n) is 84.4. The third-order valence-electron chi connectivity index (χ3n) is 27.9. The number of H-pyrrole nitrogens is 5. The van der Waals surface area contributed by atoms with Gasteiger partial charge >= 0.3 is 0 Å². The summed E-state index contributed by atoms with van der Waals surface area (Å²) in [7, 11) is 0. The van der Waals surface area contributed by atoms with E-state index in [2.05, 4.69) is 215 Å². The zero-order valence-corrected chi connectivity index (χ0v) is 85.2. The molecule has 736 valence electrons. The second-order valence-electron chi connectivity index (χ2n) is 39.1. The fraction of sp³-hybridized carbons (Fsp3) is 0.455. The monoisotopic (exact) mass is 1910 g/mol. The van der Waals surface area contributed by atoms with E-state index in [0.29, 0.717) is 5.69 Å². The number of aromatic amines is 5. The number of nitrogens with zero attached hydrogens (tertiary/aromatic N) is 21. The number of nitrogens with one attached hydrogen (secondary N) is 5. The van der Waals surface area contributed by atoms with Crippen LogP contribution >= 0.6 is 11.6 Å².